The Kier molecular flexibility index (Phi) is 24.6. The highest BCUT2D eigenvalue weighted by atomic mass is 16.6. The molecule has 1 heterocycles. The van der Waals surface area contributed by atoms with Crippen LogP contribution in [-0.4, -0.2) is 128 Å². The smallest absolute Gasteiger partial charge is 0.305 e. The van der Waals surface area contributed by atoms with E-state index in [1.165, 1.54) is 31.4 Å². The lowest BCUT2D eigenvalue weighted by Gasteiger charge is -2.13. The van der Waals surface area contributed by atoms with Crippen molar-refractivity contribution in [1.29, 1.82) is 0 Å². The fourth-order valence-corrected chi connectivity index (χ4v) is 3.39. The van der Waals surface area contributed by atoms with Gasteiger partial charge < -0.3 is 37.9 Å². The van der Waals surface area contributed by atoms with Crippen LogP contribution in [0.15, 0.2) is 12.2 Å². The number of ether oxygens (including phenoxy) is 8. The van der Waals surface area contributed by atoms with Gasteiger partial charge in [-0.05, 0) is 6.42 Å². The maximum Gasteiger partial charge on any atom is 0.305 e. The van der Waals surface area contributed by atoms with Gasteiger partial charge in [-0.2, -0.15) is 0 Å². The molecule has 0 aromatic carbocycles. The lowest BCUT2D eigenvalue weighted by molar-refractivity contribution is -0.145. The first-order valence-corrected chi connectivity index (χ1v) is 14.4. The minimum Gasteiger partial charge on any atom is -0.463 e. The topological polar surface area (TPSA) is 128 Å². The van der Waals surface area contributed by atoms with Crippen LogP contribution in [0.3, 0.4) is 0 Å². The molecule has 0 spiro atoms. The minimum atomic E-state index is -0.307. The first-order valence-electron chi connectivity index (χ1n) is 14.4. The molecular weight excluding hydrogens is 526 g/mol. The zero-order valence-corrected chi connectivity index (χ0v) is 24.1. The molecule has 1 aliphatic heterocycles. The highest BCUT2D eigenvalue weighted by molar-refractivity contribution is 6.12. The Hall–Kier alpha value is -1.93. The van der Waals surface area contributed by atoms with Gasteiger partial charge in [0.25, 0.3) is 11.8 Å². The molecule has 1 aliphatic rings. The Morgan fingerprint density at radius 1 is 0.550 bits per heavy atom. The van der Waals surface area contributed by atoms with E-state index in [-0.39, 0.29) is 37.5 Å². The molecule has 0 saturated carbocycles. The van der Waals surface area contributed by atoms with Crippen LogP contribution in [0.5, 0.6) is 0 Å². The van der Waals surface area contributed by atoms with Gasteiger partial charge in [-0.15, -0.1) is 0 Å². The van der Waals surface area contributed by atoms with Gasteiger partial charge >= 0.3 is 5.97 Å². The van der Waals surface area contributed by atoms with Crippen molar-refractivity contribution in [1.82, 2.24) is 4.90 Å². The van der Waals surface area contributed by atoms with Gasteiger partial charge in [-0.25, -0.2) is 0 Å². The Balaban J connectivity index is 1.67. The molecule has 0 aromatic rings. The van der Waals surface area contributed by atoms with E-state index in [1.807, 2.05) is 0 Å². The maximum atomic E-state index is 11.6. The maximum absolute atomic E-state index is 11.6. The van der Waals surface area contributed by atoms with Gasteiger partial charge in [-0.1, -0.05) is 32.6 Å². The Bertz CT molecular complexity index is 657. The normalized spacial score (nSPS) is 13.1. The highest BCUT2D eigenvalue weighted by Gasteiger charge is 2.22. The molecular formula is C28H49NO11. The first-order chi connectivity index (χ1) is 19.6. The molecule has 232 valence electrons. The number of hydrogen-bond acceptors (Lipinski definition) is 11. The second-order valence-corrected chi connectivity index (χ2v) is 8.83. The SMILES string of the molecule is CCCCCCCC(=O)OCCOCCOCCOCCOCCOCCOCCOCCN1C(=O)C=CC1=O. The standard InChI is InChI=1S/C28H49NO11/c1-2-3-4-5-6-7-28(32)40-25-24-39-23-22-38-21-20-37-19-18-36-17-16-35-15-14-34-13-12-33-11-10-29-26(30)8-9-27(29)31/h8-9H,2-7,10-25H2,1H3. The summed E-state index contributed by atoms with van der Waals surface area (Å²) in [5.74, 6) is -0.768. The van der Waals surface area contributed by atoms with Crippen LogP contribution in [-0.2, 0) is 52.3 Å². The van der Waals surface area contributed by atoms with Crippen LogP contribution < -0.4 is 0 Å². The zero-order chi connectivity index (χ0) is 28.9. The number of imide groups is 1. The summed E-state index contributed by atoms with van der Waals surface area (Å²) in [6.45, 7) is 8.75. The number of carbonyl (C=O) groups excluding carboxylic acids is 3. The quantitative estimate of drug-likeness (QED) is 0.0708. The molecule has 0 unspecified atom stereocenters. The summed E-state index contributed by atoms with van der Waals surface area (Å²) in [7, 11) is 0. The van der Waals surface area contributed by atoms with Crippen molar-refractivity contribution >= 4 is 17.8 Å². The summed E-state index contributed by atoms with van der Waals surface area (Å²) in [4.78, 5) is 35.5. The monoisotopic (exact) mass is 575 g/mol. The lowest BCUT2D eigenvalue weighted by atomic mass is 10.1. The van der Waals surface area contributed by atoms with E-state index in [0.717, 1.165) is 17.7 Å². The van der Waals surface area contributed by atoms with Crippen molar-refractivity contribution in [3.63, 3.8) is 0 Å². The van der Waals surface area contributed by atoms with Crippen molar-refractivity contribution < 1.29 is 52.3 Å². The van der Waals surface area contributed by atoms with Gasteiger partial charge in [0.05, 0.1) is 99.0 Å². The fraction of sp³-hybridized carbons (Fsp3) is 0.821. The summed E-state index contributed by atoms with van der Waals surface area (Å²) in [5, 5.41) is 0. The molecule has 0 aliphatic carbocycles. The number of amides is 2. The number of esters is 1. The van der Waals surface area contributed by atoms with E-state index >= 15 is 0 Å². The second kappa shape index (κ2) is 27.3. The molecule has 12 nitrogen and oxygen atoms in total. The molecule has 40 heavy (non-hydrogen) atoms. The van der Waals surface area contributed by atoms with Crippen LogP contribution in [0.2, 0.25) is 0 Å². The van der Waals surface area contributed by atoms with Crippen LogP contribution in [0.25, 0.3) is 0 Å². The molecule has 0 bridgehead atoms. The fourth-order valence-electron chi connectivity index (χ4n) is 3.39. The lowest BCUT2D eigenvalue weighted by Crippen LogP contribution is -2.33. The number of carbonyl (C=O) groups is 3. The highest BCUT2D eigenvalue weighted by Crippen LogP contribution is 2.05. The Labute approximate surface area is 238 Å². The van der Waals surface area contributed by atoms with E-state index in [0.29, 0.717) is 92.3 Å². The summed E-state index contributed by atoms with van der Waals surface area (Å²) in [6.07, 6.45) is 8.55. The van der Waals surface area contributed by atoms with Crippen LogP contribution in [0.4, 0.5) is 0 Å². The zero-order valence-electron chi connectivity index (χ0n) is 24.1. The molecule has 0 radical (unpaired) electrons. The molecule has 0 aromatic heterocycles. The van der Waals surface area contributed by atoms with E-state index in [2.05, 4.69) is 6.92 Å². The predicted octanol–water partition coefficient (Wildman–Crippen LogP) is 1.93. The largest absolute Gasteiger partial charge is 0.463 e. The van der Waals surface area contributed by atoms with E-state index in [9.17, 15) is 14.4 Å². The molecule has 2 amide bonds. The molecule has 0 saturated heterocycles. The Morgan fingerprint density at radius 3 is 1.35 bits per heavy atom. The molecule has 0 atom stereocenters. The Morgan fingerprint density at radius 2 is 0.925 bits per heavy atom. The van der Waals surface area contributed by atoms with E-state index in [4.69, 9.17) is 37.9 Å². The van der Waals surface area contributed by atoms with Crippen molar-refractivity contribution in [3.05, 3.63) is 12.2 Å². The van der Waals surface area contributed by atoms with Crippen molar-refractivity contribution in [2.75, 3.05) is 106 Å². The van der Waals surface area contributed by atoms with E-state index < -0.39 is 0 Å². The van der Waals surface area contributed by atoms with Crippen LogP contribution in [0.1, 0.15) is 45.4 Å². The van der Waals surface area contributed by atoms with E-state index in [1.54, 1.807) is 0 Å². The summed E-state index contributed by atoms with van der Waals surface area (Å²) < 4.78 is 43.0. The number of rotatable bonds is 30. The molecule has 12 heteroatoms. The summed E-state index contributed by atoms with van der Waals surface area (Å²) >= 11 is 0. The third-order valence-corrected chi connectivity index (χ3v) is 5.57. The third-order valence-electron chi connectivity index (χ3n) is 5.57. The summed E-state index contributed by atoms with van der Waals surface area (Å²) in [6, 6.07) is 0. The van der Waals surface area contributed by atoms with Crippen molar-refractivity contribution in [3.8, 4) is 0 Å². The number of nitrogens with zero attached hydrogens (tertiary/aromatic N) is 1. The minimum absolute atomic E-state index is 0.154. The van der Waals surface area contributed by atoms with Gasteiger partial charge in [0.1, 0.15) is 6.61 Å². The summed E-state index contributed by atoms with van der Waals surface area (Å²) in [5.41, 5.74) is 0. The van der Waals surface area contributed by atoms with Crippen molar-refractivity contribution in [2.24, 2.45) is 0 Å². The number of hydrogen-bond donors (Lipinski definition) is 0. The third kappa shape index (κ3) is 21.8. The average molecular weight is 576 g/mol. The van der Waals surface area contributed by atoms with Crippen LogP contribution in [0, 0.1) is 0 Å². The van der Waals surface area contributed by atoms with Gasteiger partial charge in [0.15, 0.2) is 0 Å². The molecule has 0 fully saturated rings. The van der Waals surface area contributed by atoms with Crippen molar-refractivity contribution in [2.45, 2.75) is 45.4 Å². The predicted molar refractivity (Wildman–Crippen MR) is 146 cm³/mol. The number of unbranched alkanes of at least 4 members (excludes halogenated alkanes) is 4. The molecule has 0 N–H and O–H groups in total. The second-order valence-electron chi connectivity index (χ2n) is 8.83. The van der Waals surface area contributed by atoms with Crippen LogP contribution >= 0.6 is 0 Å². The van der Waals surface area contributed by atoms with Gasteiger partial charge in [0, 0.05) is 18.6 Å². The van der Waals surface area contributed by atoms with Gasteiger partial charge in [-0.3, -0.25) is 19.3 Å². The first kappa shape index (κ1) is 36.1. The average Bonchev–Trinajstić information content (AvgIpc) is 3.27. The van der Waals surface area contributed by atoms with Gasteiger partial charge in [0.2, 0.25) is 0 Å². The molecule has 1 rings (SSSR count).